The summed E-state index contributed by atoms with van der Waals surface area (Å²) in [5, 5.41) is 10.4. The number of hydrogen-bond donors (Lipinski definition) is 1. The zero-order chi connectivity index (χ0) is 18.8. The van der Waals surface area contributed by atoms with Gasteiger partial charge in [-0.15, -0.1) is 0 Å². The predicted octanol–water partition coefficient (Wildman–Crippen LogP) is 5.88. The summed E-state index contributed by atoms with van der Waals surface area (Å²) in [7, 11) is 1.44. The first kappa shape index (κ1) is 21.7. The van der Waals surface area contributed by atoms with Crippen LogP contribution in [0.5, 0.6) is 0 Å². The minimum atomic E-state index is -0.188. The SMILES string of the molecule is CCCCC[C@@H]1C2CCCCC2C[C@H]1CCC(O)CCCCC(=O)OC. The quantitative estimate of drug-likeness (QED) is 0.346. The molecular formula is C23H42O3. The van der Waals surface area contributed by atoms with Crippen molar-refractivity contribution in [3.8, 4) is 0 Å². The number of unbranched alkanes of at least 4 members (excludes halogenated alkanes) is 3. The largest absolute Gasteiger partial charge is 0.469 e. The Hall–Kier alpha value is -0.570. The van der Waals surface area contributed by atoms with Gasteiger partial charge in [-0.05, 0) is 68.6 Å². The number of aliphatic hydroxyl groups is 1. The molecule has 2 rings (SSSR count). The van der Waals surface area contributed by atoms with Crippen LogP contribution in [-0.4, -0.2) is 24.3 Å². The lowest BCUT2D eigenvalue weighted by Gasteiger charge is -2.30. The second kappa shape index (κ2) is 12.0. The molecule has 0 radical (unpaired) electrons. The fraction of sp³-hybridized carbons (Fsp3) is 0.957. The summed E-state index contributed by atoms with van der Waals surface area (Å²) in [6.07, 6.45) is 17.8. The van der Waals surface area contributed by atoms with E-state index in [0.29, 0.717) is 6.42 Å². The van der Waals surface area contributed by atoms with E-state index >= 15 is 0 Å². The van der Waals surface area contributed by atoms with Gasteiger partial charge in [0.05, 0.1) is 13.2 Å². The van der Waals surface area contributed by atoms with Crippen molar-refractivity contribution < 1.29 is 14.6 Å². The van der Waals surface area contributed by atoms with E-state index in [0.717, 1.165) is 49.4 Å². The summed E-state index contributed by atoms with van der Waals surface area (Å²) in [4.78, 5) is 11.1. The smallest absolute Gasteiger partial charge is 0.305 e. The van der Waals surface area contributed by atoms with Gasteiger partial charge in [0.2, 0.25) is 0 Å². The third kappa shape index (κ3) is 6.87. The van der Waals surface area contributed by atoms with Crippen molar-refractivity contribution in [2.75, 3.05) is 7.11 Å². The van der Waals surface area contributed by atoms with Crippen LogP contribution in [0.25, 0.3) is 0 Å². The third-order valence-electron chi connectivity index (χ3n) is 7.14. The highest BCUT2D eigenvalue weighted by Gasteiger charge is 2.42. The van der Waals surface area contributed by atoms with Gasteiger partial charge in [-0.2, -0.15) is 0 Å². The Morgan fingerprint density at radius 1 is 1.08 bits per heavy atom. The Balaban J connectivity index is 1.72. The molecule has 0 saturated heterocycles. The Kier molecular flexibility index (Phi) is 10.0. The van der Waals surface area contributed by atoms with Gasteiger partial charge in [0.15, 0.2) is 0 Å². The lowest BCUT2D eigenvalue weighted by Crippen LogP contribution is -2.21. The highest BCUT2D eigenvalue weighted by molar-refractivity contribution is 5.68. The van der Waals surface area contributed by atoms with Gasteiger partial charge < -0.3 is 9.84 Å². The highest BCUT2D eigenvalue weighted by atomic mass is 16.5. The van der Waals surface area contributed by atoms with E-state index in [1.54, 1.807) is 0 Å². The number of carbonyl (C=O) groups is 1. The Morgan fingerprint density at radius 2 is 1.88 bits per heavy atom. The van der Waals surface area contributed by atoms with Gasteiger partial charge in [0, 0.05) is 6.42 Å². The van der Waals surface area contributed by atoms with Gasteiger partial charge in [-0.3, -0.25) is 4.79 Å². The fourth-order valence-electron chi connectivity index (χ4n) is 5.72. The summed E-state index contributed by atoms with van der Waals surface area (Å²) in [5.74, 6) is 3.62. The first-order valence-corrected chi connectivity index (χ1v) is 11.4. The molecule has 2 aliphatic carbocycles. The van der Waals surface area contributed by atoms with Gasteiger partial charge in [-0.25, -0.2) is 0 Å². The van der Waals surface area contributed by atoms with Gasteiger partial charge in [0.1, 0.15) is 0 Å². The van der Waals surface area contributed by atoms with E-state index in [-0.39, 0.29) is 12.1 Å². The third-order valence-corrected chi connectivity index (χ3v) is 7.14. The number of aliphatic hydroxyl groups excluding tert-OH is 1. The van der Waals surface area contributed by atoms with E-state index in [1.807, 2.05) is 0 Å². The molecule has 0 bridgehead atoms. The van der Waals surface area contributed by atoms with Crippen LogP contribution in [-0.2, 0) is 9.53 Å². The molecule has 0 aliphatic heterocycles. The summed E-state index contributed by atoms with van der Waals surface area (Å²) < 4.78 is 4.67. The molecule has 0 amide bonds. The second-order valence-electron chi connectivity index (χ2n) is 8.92. The molecule has 1 N–H and O–H groups in total. The molecule has 0 aromatic rings. The zero-order valence-corrected chi connectivity index (χ0v) is 17.3. The van der Waals surface area contributed by atoms with Crippen molar-refractivity contribution in [1.29, 1.82) is 0 Å². The summed E-state index contributed by atoms with van der Waals surface area (Å²) in [5.41, 5.74) is 0. The lowest BCUT2D eigenvalue weighted by molar-refractivity contribution is -0.140. The van der Waals surface area contributed by atoms with E-state index in [1.165, 1.54) is 71.3 Å². The molecule has 152 valence electrons. The molecule has 2 saturated carbocycles. The van der Waals surface area contributed by atoms with Crippen LogP contribution >= 0.6 is 0 Å². The maximum absolute atomic E-state index is 11.1. The fourth-order valence-corrected chi connectivity index (χ4v) is 5.72. The summed E-state index contributed by atoms with van der Waals surface area (Å²) in [6, 6.07) is 0. The summed E-state index contributed by atoms with van der Waals surface area (Å²) >= 11 is 0. The molecule has 3 heteroatoms. The summed E-state index contributed by atoms with van der Waals surface area (Å²) in [6.45, 7) is 2.30. The number of methoxy groups -OCH3 is 1. The molecule has 0 spiro atoms. The van der Waals surface area contributed by atoms with E-state index < -0.39 is 0 Å². The average Bonchev–Trinajstić information content (AvgIpc) is 3.01. The van der Waals surface area contributed by atoms with Crippen LogP contribution in [0.4, 0.5) is 0 Å². The van der Waals surface area contributed by atoms with Crippen molar-refractivity contribution in [3.05, 3.63) is 0 Å². The molecule has 5 atom stereocenters. The normalized spacial score (nSPS) is 29.3. The number of ether oxygens (including phenoxy) is 1. The Labute approximate surface area is 161 Å². The molecule has 2 aliphatic rings. The molecular weight excluding hydrogens is 324 g/mol. The monoisotopic (exact) mass is 366 g/mol. The Morgan fingerprint density at radius 3 is 2.65 bits per heavy atom. The minimum Gasteiger partial charge on any atom is -0.469 e. The van der Waals surface area contributed by atoms with Crippen molar-refractivity contribution >= 4 is 5.97 Å². The average molecular weight is 367 g/mol. The number of carbonyl (C=O) groups excluding carboxylic acids is 1. The maximum Gasteiger partial charge on any atom is 0.305 e. The molecule has 3 nitrogen and oxygen atoms in total. The second-order valence-corrected chi connectivity index (χ2v) is 8.92. The highest BCUT2D eigenvalue weighted by Crippen LogP contribution is 2.52. The number of esters is 1. The first-order valence-electron chi connectivity index (χ1n) is 11.4. The van der Waals surface area contributed by atoms with Crippen molar-refractivity contribution in [2.45, 2.75) is 109 Å². The van der Waals surface area contributed by atoms with Gasteiger partial charge in [-0.1, -0.05) is 51.9 Å². The Bertz CT molecular complexity index is 395. The van der Waals surface area contributed by atoms with E-state index in [4.69, 9.17) is 0 Å². The zero-order valence-electron chi connectivity index (χ0n) is 17.3. The van der Waals surface area contributed by atoms with E-state index in [2.05, 4.69) is 11.7 Å². The molecule has 26 heavy (non-hydrogen) atoms. The molecule has 0 aromatic heterocycles. The number of rotatable bonds is 12. The van der Waals surface area contributed by atoms with Crippen LogP contribution < -0.4 is 0 Å². The van der Waals surface area contributed by atoms with Gasteiger partial charge >= 0.3 is 5.97 Å². The van der Waals surface area contributed by atoms with Crippen LogP contribution in [0.3, 0.4) is 0 Å². The predicted molar refractivity (Wildman–Crippen MR) is 107 cm³/mol. The molecule has 0 aromatic carbocycles. The molecule has 2 fully saturated rings. The first-order chi connectivity index (χ1) is 12.7. The lowest BCUT2D eigenvalue weighted by atomic mass is 9.75. The topological polar surface area (TPSA) is 46.5 Å². The van der Waals surface area contributed by atoms with Crippen molar-refractivity contribution in [1.82, 2.24) is 0 Å². The van der Waals surface area contributed by atoms with Crippen LogP contribution in [0, 0.1) is 23.7 Å². The van der Waals surface area contributed by atoms with Crippen LogP contribution in [0.15, 0.2) is 0 Å². The minimum absolute atomic E-state index is 0.136. The van der Waals surface area contributed by atoms with E-state index in [9.17, 15) is 9.90 Å². The number of hydrogen-bond acceptors (Lipinski definition) is 3. The molecule has 3 unspecified atom stereocenters. The van der Waals surface area contributed by atoms with Crippen LogP contribution in [0.2, 0.25) is 0 Å². The standard InChI is InChI=1S/C23H42O3/c1-3-4-5-12-22-19(17-18-10-6-8-13-21(18)22)15-16-20(24)11-7-9-14-23(25)26-2/h18-22,24H,3-17H2,1-2H3/t18?,19-,20?,21?,22+/m1/s1. The van der Waals surface area contributed by atoms with Crippen molar-refractivity contribution in [2.24, 2.45) is 23.7 Å². The maximum atomic E-state index is 11.1. The molecule has 0 heterocycles. The number of fused-ring (bicyclic) bond motifs is 1. The van der Waals surface area contributed by atoms with Crippen LogP contribution in [0.1, 0.15) is 103 Å². The van der Waals surface area contributed by atoms with Gasteiger partial charge in [0.25, 0.3) is 0 Å². The van der Waals surface area contributed by atoms with Crippen molar-refractivity contribution in [3.63, 3.8) is 0 Å².